The summed E-state index contributed by atoms with van der Waals surface area (Å²) in [4.78, 5) is 35.5. The van der Waals surface area contributed by atoms with Crippen molar-refractivity contribution in [3.05, 3.63) is 72.9 Å². The quantitative estimate of drug-likeness (QED) is 0.0264. The summed E-state index contributed by atoms with van der Waals surface area (Å²) in [6.07, 6.45) is 117. The molecule has 0 aliphatic carbocycles. The van der Waals surface area contributed by atoms with Crippen LogP contribution in [0, 0.1) is 0 Å². The molecule has 592 valence electrons. The zero-order valence-corrected chi connectivity index (χ0v) is 68.1. The number of phosphoric ester groups is 1. The lowest BCUT2D eigenvalue weighted by Crippen LogP contribution is -2.29. The minimum absolute atomic E-state index is 0.0558. The van der Waals surface area contributed by atoms with Crippen LogP contribution >= 0.6 is 7.82 Å². The molecule has 0 aliphatic rings. The van der Waals surface area contributed by atoms with Gasteiger partial charge >= 0.3 is 19.8 Å². The average molecular weight is 1440 g/mol. The predicted octanol–water partition coefficient (Wildman–Crippen LogP) is 30.2. The molecule has 101 heavy (non-hydrogen) atoms. The number of carbonyl (C=O) groups is 2. The molecular formula is C91H170NO8P. The lowest BCUT2D eigenvalue weighted by molar-refractivity contribution is -0.161. The van der Waals surface area contributed by atoms with Gasteiger partial charge in [-0.1, -0.05) is 440 Å². The number of hydrogen-bond donors (Lipinski definition) is 2. The third-order valence-corrected chi connectivity index (χ3v) is 21.1. The highest BCUT2D eigenvalue weighted by Crippen LogP contribution is 2.43. The van der Waals surface area contributed by atoms with Gasteiger partial charge in [-0.3, -0.25) is 18.6 Å². The van der Waals surface area contributed by atoms with Gasteiger partial charge < -0.3 is 20.1 Å². The molecule has 0 saturated carbocycles. The van der Waals surface area contributed by atoms with E-state index in [0.29, 0.717) is 6.42 Å². The molecule has 0 fully saturated rings. The van der Waals surface area contributed by atoms with Crippen molar-refractivity contribution < 1.29 is 37.6 Å². The van der Waals surface area contributed by atoms with Crippen LogP contribution in [0.2, 0.25) is 0 Å². The fourth-order valence-electron chi connectivity index (χ4n) is 13.6. The molecule has 2 atom stereocenters. The van der Waals surface area contributed by atoms with Crippen LogP contribution in [0.4, 0.5) is 0 Å². The van der Waals surface area contributed by atoms with Gasteiger partial charge in [0.25, 0.3) is 0 Å². The summed E-state index contributed by atoms with van der Waals surface area (Å²) < 4.78 is 33.3. The van der Waals surface area contributed by atoms with E-state index in [2.05, 4.69) is 86.8 Å². The molecule has 0 aliphatic heterocycles. The monoisotopic (exact) mass is 1440 g/mol. The number of esters is 2. The largest absolute Gasteiger partial charge is 0.472 e. The highest BCUT2D eigenvalue weighted by atomic mass is 31.2. The molecule has 0 aromatic rings. The second kappa shape index (κ2) is 86.4. The molecule has 0 amide bonds. The number of ether oxygens (including phenoxy) is 2. The third-order valence-electron chi connectivity index (χ3n) is 20.1. The van der Waals surface area contributed by atoms with Crippen molar-refractivity contribution in [2.24, 2.45) is 5.73 Å². The Kier molecular flexibility index (Phi) is 84.2. The van der Waals surface area contributed by atoms with E-state index in [9.17, 15) is 19.0 Å². The number of phosphoric acid groups is 1. The zero-order valence-electron chi connectivity index (χ0n) is 67.2. The van der Waals surface area contributed by atoms with Gasteiger partial charge in [-0.05, 0) is 83.5 Å². The van der Waals surface area contributed by atoms with Crippen molar-refractivity contribution in [3.8, 4) is 0 Å². The SMILES string of the molecule is CC/C=C\C/C=C\C/C=C\C/C=C\C/C=C\CCCCCCCCCCCCCCCCCCCCCCCCCCCC(=O)OC(COC(=O)CCCCCCCCCCCCCCCCCCCCCCCCCCCCC/C=C\CCCCCCCCCC)COP(=O)(O)OCCN. The van der Waals surface area contributed by atoms with Gasteiger partial charge in [-0.25, -0.2) is 4.57 Å². The minimum atomic E-state index is -4.40. The number of unbranched alkanes of at least 4 members (excludes halogenated alkanes) is 60. The van der Waals surface area contributed by atoms with E-state index in [0.717, 1.165) is 64.2 Å². The van der Waals surface area contributed by atoms with Crippen LogP contribution in [0.3, 0.4) is 0 Å². The highest BCUT2D eigenvalue weighted by molar-refractivity contribution is 7.47. The van der Waals surface area contributed by atoms with Crippen molar-refractivity contribution in [1.82, 2.24) is 0 Å². The van der Waals surface area contributed by atoms with Crippen LogP contribution in [0.25, 0.3) is 0 Å². The summed E-state index contributed by atoms with van der Waals surface area (Å²) in [5.41, 5.74) is 5.43. The molecule has 0 aromatic carbocycles. The number of hydrogen-bond acceptors (Lipinski definition) is 8. The van der Waals surface area contributed by atoms with E-state index in [4.69, 9.17) is 24.3 Å². The number of allylic oxidation sites excluding steroid dienone is 12. The van der Waals surface area contributed by atoms with Crippen LogP contribution in [0.5, 0.6) is 0 Å². The molecule has 0 heterocycles. The number of rotatable bonds is 85. The average Bonchev–Trinajstić information content (AvgIpc) is 1.04. The summed E-state index contributed by atoms with van der Waals surface area (Å²) in [7, 11) is -4.40. The van der Waals surface area contributed by atoms with Crippen molar-refractivity contribution in [2.75, 3.05) is 26.4 Å². The lowest BCUT2D eigenvalue weighted by Gasteiger charge is -2.19. The Morgan fingerprint density at radius 3 is 0.822 bits per heavy atom. The van der Waals surface area contributed by atoms with Gasteiger partial charge in [0, 0.05) is 19.4 Å². The van der Waals surface area contributed by atoms with Crippen LogP contribution in [-0.2, 0) is 32.7 Å². The van der Waals surface area contributed by atoms with Gasteiger partial charge in [-0.15, -0.1) is 0 Å². The first-order valence-corrected chi connectivity index (χ1v) is 45.9. The molecule has 0 aromatic heterocycles. The summed E-state index contributed by atoms with van der Waals surface area (Å²) in [5.74, 6) is -0.800. The summed E-state index contributed by atoms with van der Waals surface area (Å²) in [6.45, 7) is 3.71. The predicted molar refractivity (Wildman–Crippen MR) is 441 cm³/mol. The van der Waals surface area contributed by atoms with E-state index < -0.39 is 26.5 Å². The van der Waals surface area contributed by atoms with Crippen molar-refractivity contribution in [2.45, 2.75) is 469 Å². The molecule has 2 unspecified atom stereocenters. The third kappa shape index (κ3) is 86.3. The molecule has 0 radical (unpaired) electrons. The molecule has 0 bridgehead atoms. The fraction of sp³-hybridized carbons (Fsp3) is 0.846. The molecule has 0 saturated heterocycles. The molecule has 3 N–H and O–H groups in total. The molecule has 10 heteroatoms. The van der Waals surface area contributed by atoms with E-state index in [1.807, 2.05) is 0 Å². The molecule has 0 spiro atoms. The van der Waals surface area contributed by atoms with Crippen molar-refractivity contribution in [1.29, 1.82) is 0 Å². The van der Waals surface area contributed by atoms with E-state index >= 15 is 0 Å². The summed E-state index contributed by atoms with van der Waals surface area (Å²) >= 11 is 0. The van der Waals surface area contributed by atoms with E-state index in [1.54, 1.807) is 0 Å². The van der Waals surface area contributed by atoms with Crippen LogP contribution in [0.1, 0.15) is 463 Å². The normalized spacial score (nSPS) is 13.1. The Hall–Kier alpha value is -2.55. The topological polar surface area (TPSA) is 134 Å². The molecule has 9 nitrogen and oxygen atoms in total. The van der Waals surface area contributed by atoms with Gasteiger partial charge in [0.2, 0.25) is 0 Å². The number of nitrogens with two attached hydrogens (primary N) is 1. The molecular weight excluding hydrogens is 1270 g/mol. The minimum Gasteiger partial charge on any atom is -0.462 e. The second-order valence-corrected chi connectivity index (χ2v) is 31.5. The molecule has 0 rings (SSSR count). The Labute approximate surface area is 628 Å². The van der Waals surface area contributed by atoms with Crippen molar-refractivity contribution in [3.63, 3.8) is 0 Å². The smallest absolute Gasteiger partial charge is 0.462 e. The van der Waals surface area contributed by atoms with E-state index in [1.165, 1.54) is 366 Å². The Bertz CT molecular complexity index is 1890. The first kappa shape index (κ1) is 98.5. The van der Waals surface area contributed by atoms with Gasteiger partial charge in [0.15, 0.2) is 6.10 Å². The summed E-state index contributed by atoms with van der Waals surface area (Å²) in [6, 6.07) is 0. The van der Waals surface area contributed by atoms with Gasteiger partial charge in [0.1, 0.15) is 6.61 Å². The van der Waals surface area contributed by atoms with Crippen LogP contribution in [-0.4, -0.2) is 49.3 Å². The Balaban J connectivity index is 3.70. The highest BCUT2D eigenvalue weighted by Gasteiger charge is 2.26. The summed E-state index contributed by atoms with van der Waals surface area (Å²) in [5, 5.41) is 0. The van der Waals surface area contributed by atoms with Gasteiger partial charge in [-0.2, -0.15) is 0 Å². The standard InChI is InChI=1S/C91H170NO8P/c1-3-5-7-9-11-13-15-17-19-21-23-25-27-29-31-33-35-37-39-41-43-44-46-48-50-52-54-56-58-60-62-64-66-68-70-72-74-76-78-80-82-84-91(94)100-89(88-99-101(95,96)98-86-85-92)87-97-90(93)83-81-79-77-75-73-71-69-67-65-63-61-59-57-55-53-51-49-47-45-42-40-38-36-34-32-30-28-26-24-22-20-18-16-14-12-10-8-6-4-2/h5,7,11,13,17,19,22-25,29,31,89H,3-4,6,8-10,12,14-16,18,20-21,26-28,30,32-88,92H2,1-2H3,(H,95,96)/b7-5-,13-11-,19-17-,24-22-,25-23-,31-29-. The van der Waals surface area contributed by atoms with Gasteiger partial charge in [0.05, 0.1) is 13.2 Å². The fourth-order valence-corrected chi connectivity index (χ4v) is 14.3. The van der Waals surface area contributed by atoms with Crippen LogP contribution in [0.15, 0.2) is 72.9 Å². The first-order valence-electron chi connectivity index (χ1n) is 44.4. The van der Waals surface area contributed by atoms with Crippen LogP contribution < -0.4 is 5.73 Å². The Morgan fingerprint density at radius 1 is 0.307 bits per heavy atom. The first-order chi connectivity index (χ1) is 49.8. The maximum Gasteiger partial charge on any atom is 0.472 e. The number of carbonyl (C=O) groups excluding carboxylic acids is 2. The van der Waals surface area contributed by atoms with Crippen molar-refractivity contribution >= 4 is 19.8 Å². The lowest BCUT2D eigenvalue weighted by atomic mass is 10.0. The zero-order chi connectivity index (χ0) is 72.9. The maximum atomic E-state index is 12.8. The maximum absolute atomic E-state index is 12.8. The second-order valence-electron chi connectivity index (χ2n) is 30.1. The Morgan fingerprint density at radius 2 is 0.545 bits per heavy atom. The van der Waals surface area contributed by atoms with E-state index in [-0.39, 0.29) is 38.6 Å².